The zero-order chi connectivity index (χ0) is 11.7. The van der Waals surface area contributed by atoms with Gasteiger partial charge in [-0.1, -0.05) is 18.6 Å². The minimum atomic E-state index is -0.0453. The van der Waals surface area contributed by atoms with Crippen molar-refractivity contribution in [2.24, 2.45) is 5.41 Å². The third-order valence-corrected chi connectivity index (χ3v) is 4.20. The Labute approximate surface area is 103 Å². The lowest BCUT2D eigenvalue weighted by Crippen LogP contribution is -2.30. The zero-order valence-electron chi connectivity index (χ0n) is 10.1. The van der Waals surface area contributed by atoms with Crippen LogP contribution >= 0.6 is 0 Å². The normalized spacial score (nSPS) is 20.6. The molecule has 0 saturated heterocycles. The number of nitrogens with zero attached hydrogens (tertiary/aromatic N) is 1. The van der Waals surface area contributed by atoms with Gasteiger partial charge in [0.1, 0.15) is 0 Å². The molecule has 1 aromatic carbocycles. The maximum absolute atomic E-state index is 9.27. The summed E-state index contributed by atoms with van der Waals surface area (Å²) in [6, 6.07) is 9.21. The topological polar surface area (TPSA) is 35.8 Å². The number of benzene rings is 1. The Morgan fingerprint density at radius 3 is 2.88 bits per heavy atom. The van der Waals surface area contributed by atoms with Gasteiger partial charge in [0.2, 0.25) is 0 Å². The van der Waals surface area contributed by atoms with E-state index < -0.39 is 0 Å². The fourth-order valence-corrected chi connectivity index (χ4v) is 2.96. The van der Waals surface area contributed by atoms with Crippen LogP contribution in [0.25, 0.3) is 0 Å². The van der Waals surface area contributed by atoms with Gasteiger partial charge in [-0.15, -0.1) is 0 Å². The number of aryl methyl sites for hydroxylation is 1. The molecule has 88 valence electrons. The Kier molecular flexibility index (Phi) is 2.55. The zero-order valence-corrected chi connectivity index (χ0v) is 10.1. The van der Waals surface area contributed by atoms with E-state index in [1.54, 1.807) is 0 Å². The largest absolute Gasteiger partial charge is 0.385 e. The lowest BCUT2D eigenvalue weighted by molar-refractivity contribution is 0.214. The van der Waals surface area contributed by atoms with Crippen molar-refractivity contribution in [2.45, 2.75) is 38.5 Å². The summed E-state index contributed by atoms with van der Waals surface area (Å²) < 4.78 is 0. The van der Waals surface area contributed by atoms with Crippen LogP contribution in [0.4, 0.5) is 5.69 Å². The van der Waals surface area contributed by atoms with Gasteiger partial charge in [-0.3, -0.25) is 0 Å². The summed E-state index contributed by atoms with van der Waals surface area (Å²) in [6.07, 6.45) is 6.73. The van der Waals surface area contributed by atoms with E-state index in [-0.39, 0.29) is 5.41 Å². The molecule has 0 unspecified atom stereocenters. The van der Waals surface area contributed by atoms with Gasteiger partial charge < -0.3 is 5.32 Å². The molecule has 2 heteroatoms. The third-order valence-electron chi connectivity index (χ3n) is 4.20. The van der Waals surface area contributed by atoms with Gasteiger partial charge in [-0.2, -0.15) is 5.26 Å². The monoisotopic (exact) mass is 226 g/mol. The smallest absolute Gasteiger partial charge is 0.0693 e. The predicted octanol–water partition coefficient (Wildman–Crippen LogP) is 3.28. The first-order chi connectivity index (χ1) is 8.31. The molecule has 0 spiro atoms. The van der Waals surface area contributed by atoms with Crippen molar-refractivity contribution in [2.75, 3.05) is 11.9 Å². The van der Waals surface area contributed by atoms with Gasteiger partial charge in [0, 0.05) is 12.2 Å². The fourth-order valence-electron chi connectivity index (χ4n) is 2.96. The Balaban J connectivity index is 1.82. The highest BCUT2D eigenvalue weighted by atomic mass is 14.9. The van der Waals surface area contributed by atoms with Gasteiger partial charge in [-0.05, 0) is 49.3 Å². The highest BCUT2D eigenvalue weighted by Gasteiger charge is 2.37. The molecule has 0 amide bonds. The molecule has 1 aliphatic heterocycles. The molecular formula is C15H18N2. The molecule has 0 radical (unpaired) electrons. The number of nitriles is 1. The molecule has 3 rings (SSSR count). The van der Waals surface area contributed by atoms with Crippen LogP contribution in [0.5, 0.6) is 0 Å². The lowest BCUT2D eigenvalue weighted by Gasteiger charge is -2.35. The summed E-state index contributed by atoms with van der Waals surface area (Å²) in [4.78, 5) is 0. The second-order valence-corrected chi connectivity index (χ2v) is 5.44. The molecule has 0 bridgehead atoms. The van der Waals surface area contributed by atoms with E-state index in [1.807, 2.05) is 0 Å². The van der Waals surface area contributed by atoms with Crippen LogP contribution < -0.4 is 5.32 Å². The molecule has 1 heterocycles. The van der Waals surface area contributed by atoms with Crippen LogP contribution in [0.15, 0.2) is 18.2 Å². The molecule has 0 atom stereocenters. The second kappa shape index (κ2) is 4.07. The van der Waals surface area contributed by atoms with E-state index in [0.717, 1.165) is 25.8 Å². The second-order valence-electron chi connectivity index (χ2n) is 5.44. The maximum Gasteiger partial charge on any atom is 0.0693 e. The van der Waals surface area contributed by atoms with Crippen molar-refractivity contribution in [3.05, 3.63) is 29.3 Å². The number of hydrogen-bond acceptors (Lipinski definition) is 2. The van der Waals surface area contributed by atoms with Gasteiger partial charge in [-0.25, -0.2) is 0 Å². The summed E-state index contributed by atoms with van der Waals surface area (Å²) in [5, 5.41) is 12.7. The molecule has 1 aromatic rings. The average Bonchev–Trinajstić information content (AvgIpc) is 2.34. The molecule has 0 aromatic heterocycles. The summed E-state index contributed by atoms with van der Waals surface area (Å²) in [5.74, 6) is 0. The van der Waals surface area contributed by atoms with Crippen LogP contribution in [-0.2, 0) is 12.8 Å². The molecule has 2 nitrogen and oxygen atoms in total. The van der Waals surface area contributed by atoms with Crippen molar-refractivity contribution < 1.29 is 0 Å². The summed E-state index contributed by atoms with van der Waals surface area (Å²) in [5.41, 5.74) is 4.02. The van der Waals surface area contributed by atoms with E-state index in [2.05, 4.69) is 29.6 Å². The molecule has 1 N–H and O–H groups in total. The lowest BCUT2D eigenvalue weighted by atomic mass is 9.66. The molecule has 1 saturated carbocycles. The van der Waals surface area contributed by atoms with Gasteiger partial charge >= 0.3 is 0 Å². The van der Waals surface area contributed by atoms with Crippen molar-refractivity contribution in [1.29, 1.82) is 5.26 Å². The quantitative estimate of drug-likeness (QED) is 0.840. The van der Waals surface area contributed by atoms with Crippen LogP contribution in [0.1, 0.15) is 36.8 Å². The van der Waals surface area contributed by atoms with E-state index in [0.29, 0.717) is 0 Å². The predicted molar refractivity (Wildman–Crippen MR) is 68.9 cm³/mol. The molecule has 1 fully saturated rings. The maximum atomic E-state index is 9.27. The summed E-state index contributed by atoms with van der Waals surface area (Å²) in [7, 11) is 0. The standard InChI is InChI=1S/C15H18N2/c16-11-15(6-2-7-15)10-12-4-5-14-13(9-12)3-1-8-17-14/h4-5,9,17H,1-3,6-8,10H2. The SMILES string of the molecule is N#CC1(Cc2ccc3c(c2)CCCN3)CCC1. The average molecular weight is 226 g/mol. The third kappa shape index (κ3) is 1.91. The highest BCUT2D eigenvalue weighted by molar-refractivity contribution is 5.54. The molecule has 1 aliphatic carbocycles. The number of anilines is 1. The first-order valence-corrected chi connectivity index (χ1v) is 6.58. The highest BCUT2D eigenvalue weighted by Crippen LogP contribution is 2.43. The Morgan fingerprint density at radius 1 is 1.29 bits per heavy atom. The summed E-state index contributed by atoms with van der Waals surface area (Å²) >= 11 is 0. The van der Waals surface area contributed by atoms with Crippen LogP contribution in [-0.4, -0.2) is 6.54 Å². The van der Waals surface area contributed by atoms with E-state index >= 15 is 0 Å². The van der Waals surface area contributed by atoms with Crippen molar-refractivity contribution in [1.82, 2.24) is 0 Å². The molecular weight excluding hydrogens is 208 g/mol. The molecule has 17 heavy (non-hydrogen) atoms. The Hall–Kier alpha value is -1.49. The number of hydrogen-bond donors (Lipinski definition) is 1. The Morgan fingerprint density at radius 2 is 2.18 bits per heavy atom. The number of rotatable bonds is 2. The minimum Gasteiger partial charge on any atom is -0.385 e. The van der Waals surface area contributed by atoms with E-state index in [1.165, 1.54) is 36.1 Å². The van der Waals surface area contributed by atoms with Crippen LogP contribution in [0, 0.1) is 16.7 Å². The minimum absolute atomic E-state index is 0.0453. The number of nitrogens with one attached hydrogen (secondary N) is 1. The van der Waals surface area contributed by atoms with Gasteiger partial charge in [0.15, 0.2) is 0 Å². The van der Waals surface area contributed by atoms with Crippen molar-refractivity contribution in [3.63, 3.8) is 0 Å². The van der Waals surface area contributed by atoms with E-state index in [9.17, 15) is 5.26 Å². The first kappa shape index (κ1) is 10.7. The van der Waals surface area contributed by atoms with Crippen molar-refractivity contribution >= 4 is 5.69 Å². The van der Waals surface area contributed by atoms with Crippen LogP contribution in [0.3, 0.4) is 0 Å². The number of fused-ring (bicyclic) bond motifs is 1. The van der Waals surface area contributed by atoms with E-state index in [4.69, 9.17) is 0 Å². The van der Waals surface area contributed by atoms with Crippen molar-refractivity contribution in [3.8, 4) is 6.07 Å². The fraction of sp³-hybridized carbons (Fsp3) is 0.533. The van der Waals surface area contributed by atoms with Gasteiger partial charge in [0.05, 0.1) is 11.5 Å². The van der Waals surface area contributed by atoms with Crippen LogP contribution in [0.2, 0.25) is 0 Å². The summed E-state index contributed by atoms with van der Waals surface area (Å²) in [6.45, 7) is 1.09. The molecule has 2 aliphatic rings. The first-order valence-electron chi connectivity index (χ1n) is 6.58. The Bertz CT molecular complexity index is 466. The van der Waals surface area contributed by atoms with Gasteiger partial charge in [0.25, 0.3) is 0 Å².